The number of aromatic hydroxyl groups is 1. The van der Waals surface area contributed by atoms with Gasteiger partial charge in [-0.3, -0.25) is 19.7 Å². The number of nitro benzene ring substituents is 1. The van der Waals surface area contributed by atoms with Gasteiger partial charge in [-0.15, -0.1) is 11.3 Å². The fraction of sp³-hybridized carbons (Fsp3) is 0.250. The Hall–Kier alpha value is -2.75. The number of hydrogen-bond donors (Lipinski definition) is 2. The Morgan fingerprint density at radius 3 is 2.68 bits per heavy atom. The number of aromatic nitrogens is 1. The number of carbonyl (C=O) groups is 2. The van der Waals surface area contributed by atoms with Gasteiger partial charge in [-0.2, -0.15) is 0 Å². The highest BCUT2D eigenvalue weighted by molar-refractivity contribution is 7.20. The molecule has 9 nitrogen and oxygen atoms in total. The van der Waals surface area contributed by atoms with Crippen molar-refractivity contribution in [2.45, 2.75) is 12.8 Å². The molecule has 1 aromatic heterocycles. The van der Waals surface area contributed by atoms with E-state index in [-0.39, 0.29) is 29.1 Å². The zero-order valence-electron chi connectivity index (χ0n) is 11.2. The number of thiazole rings is 1. The Bertz CT molecular complexity index is 783. The van der Waals surface area contributed by atoms with E-state index in [9.17, 15) is 24.8 Å². The van der Waals surface area contributed by atoms with Crippen molar-refractivity contribution in [2.24, 2.45) is 0 Å². The lowest BCUT2D eigenvalue weighted by atomic mass is 10.2. The summed E-state index contributed by atoms with van der Waals surface area (Å²) in [5.41, 5.74) is -0.783. The van der Waals surface area contributed by atoms with Crippen molar-refractivity contribution in [1.29, 1.82) is 0 Å². The van der Waals surface area contributed by atoms with E-state index in [0.717, 1.165) is 11.3 Å². The van der Waals surface area contributed by atoms with Crippen LogP contribution in [0.25, 0.3) is 10.2 Å². The molecule has 10 heteroatoms. The summed E-state index contributed by atoms with van der Waals surface area (Å²) in [5.74, 6) is -2.43. The number of ketones is 1. The van der Waals surface area contributed by atoms with E-state index < -0.39 is 28.1 Å². The van der Waals surface area contributed by atoms with Crippen LogP contribution in [-0.4, -0.2) is 39.0 Å². The molecule has 0 saturated carbocycles. The molecule has 0 unspecified atom stereocenters. The van der Waals surface area contributed by atoms with Gasteiger partial charge in [0.15, 0.2) is 22.1 Å². The molecule has 0 radical (unpaired) electrons. The van der Waals surface area contributed by atoms with Crippen LogP contribution in [0.2, 0.25) is 0 Å². The van der Waals surface area contributed by atoms with Crippen LogP contribution in [-0.2, 0) is 4.79 Å². The van der Waals surface area contributed by atoms with Crippen LogP contribution >= 0.6 is 11.3 Å². The number of phenolic OH excluding ortho intramolecular Hbond substituents is 1. The number of Topliss-reactive ketones (excluding diaryl/α,β-unsaturated/α-hetero) is 1. The van der Waals surface area contributed by atoms with Gasteiger partial charge in [0.25, 0.3) is 0 Å². The first-order valence-corrected chi connectivity index (χ1v) is 6.76. The monoisotopic (exact) mass is 326 g/mol. The van der Waals surface area contributed by atoms with E-state index >= 15 is 0 Å². The standard InChI is InChI=1S/C12H10N2O7S/c1-21-6-4-7-9(10(11(6)18)14(19)20)13-12(22-7)5(15)2-3-8(16)17/h4,18H,2-3H2,1H3,(H,16,17). The first-order chi connectivity index (χ1) is 10.3. The Morgan fingerprint density at radius 2 is 2.14 bits per heavy atom. The van der Waals surface area contributed by atoms with Crippen LogP contribution in [0, 0.1) is 10.1 Å². The summed E-state index contributed by atoms with van der Waals surface area (Å²) < 4.78 is 5.15. The van der Waals surface area contributed by atoms with E-state index in [2.05, 4.69) is 4.98 Å². The highest BCUT2D eigenvalue weighted by Gasteiger charge is 2.27. The van der Waals surface area contributed by atoms with Gasteiger partial charge in [-0.05, 0) is 0 Å². The topological polar surface area (TPSA) is 140 Å². The van der Waals surface area contributed by atoms with Crippen molar-refractivity contribution in [2.75, 3.05) is 7.11 Å². The van der Waals surface area contributed by atoms with E-state index in [0.29, 0.717) is 4.70 Å². The number of fused-ring (bicyclic) bond motifs is 1. The number of methoxy groups -OCH3 is 1. The lowest BCUT2D eigenvalue weighted by molar-refractivity contribution is -0.384. The molecule has 0 saturated heterocycles. The first kappa shape index (κ1) is 15.6. The minimum Gasteiger partial charge on any atom is -0.499 e. The molecular formula is C12H10N2O7S. The number of hydrogen-bond acceptors (Lipinski definition) is 8. The third-order valence-electron chi connectivity index (χ3n) is 2.80. The number of aliphatic carboxylic acids is 1. The van der Waals surface area contributed by atoms with Crippen molar-refractivity contribution in [3.05, 3.63) is 21.2 Å². The predicted octanol–water partition coefficient (Wildman–Crippen LogP) is 1.97. The van der Waals surface area contributed by atoms with Gasteiger partial charge in [0.05, 0.1) is 23.2 Å². The Kier molecular flexibility index (Phi) is 4.22. The number of nitro groups is 1. The van der Waals surface area contributed by atoms with E-state index in [1.54, 1.807) is 0 Å². The summed E-state index contributed by atoms with van der Waals surface area (Å²) in [5, 5.41) is 29.4. The number of phenols is 1. The molecule has 0 aliphatic carbocycles. The average molecular weight is 326 g/mol. The van der Waals surface area contributed by atoms with Gasteiger partial charge >= 0.3 is 11.7 Å². The molecule has 1 heterocycles. The lowest BCUT2D eigenvalue weighted by Gasteiger charge is -2.03. The molecule has 2 aromatic rings. The van der Waals surface area contributed by atoms with Gasteiger partial charge in [0.2, 0.25) is 5.75 Å². The number of carboxylic acids is 1. The molecule has 1 aromatic carbocycles. The Morgan fingerprint density at radius 1 is 1.45 bits per heavy atom. The number of ether oxygens (including phenoxy) is 1. The van der Waals surface area contributed by atoms with Gasteiger partial charge in [-0.1, -0.05) is 0 Å². The molecule has 0 aliphatic heterocycles. The molecule has 0 fully saturated rings. The van der Waals surface area contributed by atoms with Crippen LogP contribution in [0.15, 0.2) is 6.07 Å². The summed E-state index contributed by atoms with van der Waals surface area (Å²) in [7, 11) is 1.24. The Balaban J connectivity index is 2.54. The van der Waals surface area contributed by atoms with Crippen LogP contribution in [0.4, 0.5) is 5.69 Å². The van der Waals surface area contributed by atoms with Crippen molar-refractivity contribution < 1.29 is 29.5 Å². The normalized spacial score (nSPS) is 10.6. The van der Waals surface area contributed by atoms with Crippen LogP contribution < -0.4 is 4.74 Å². The van der Waals surface area contributed by atoms with Crippen LogP contribution in [0.1, 0.15) is 22.6 Å². The lowest BCUT2D eigenvalue weighted by Crippen LogP contribution is -2.03. The molecular weight excluding hydrogens is 316 g/mol. The second kappa shape index (κ2) is 5.93. The fourth-order valence-corrected chi connectivity index (χ4v) is 2.76. The van der Waals surface area contributed by atoms with Gasteiger partial charge in [-0.25, -0.2) is 4.98 Å². The number of rotatable bonds is 6. The molecule has 0 bridgehead atoms. The van der Waals surface area contributed by atoms with Crippen molar-refractivity contribution in [3.8, 4) is 11.5 Å². The molecule has 0 aliphatic rings. The summed E-state index contributed by atoms with van der Waals surface area (Å²) in [6, 6.07) is 1.34. The molecule has 22 heavy (non-hydrogen) atoms. The van der Waals surface area contributed by atoms with E-state index in [4.69, 9.17) is 9.84 Å². The molecule has 0 atom stereocenters. The number of carboxylic acid groups (broad SMARTS) is 1. The molecule has 0 spiro atoms. The third-order valence-corrected chi connectivity index (χ3v) is 3.85. The van der Waals surface area contributed by atoms with Gasteiger partial charge < -0.3 is 14.9 Å². The zero-order valence-corrected chi connectivity index (χ0v) is 12.0. The van der Waals surface area contributed by atoms with Gasteiger partial charge in [0, 0.05) is 12.5 Å². The van der Waals surface area contributed by atoms with Gasteiger partial charge in [0.1, 0.15) is 0 Å². The summed E-state index contributed by atoms with van der Waals surface area (Å²) in [4.78, 5) is 36.5. The van der Waals surface area contributed by atoms with Crippen LogP contribution in [0.3, 0.4) is 0 Å². The Labute approximate surface area is 126 Å². The number of carbonyl (C=O) groups excluding carboxylic acids is 1. The largest absolute Gasteiger partial charge is 0.499 e. The highest BCUT2D eigenvalue weighted by atomic mass is 32.1. The predicted molar refractivity (Wildman–Crippen MR) is 75.7 cm³/mol. The van der Waals surface area contributed by atoms with E-state index in [1.165, 1.54) is 13.2 Å². The maximum atomic E-state index is 11.9. The number of benzene rings is 1. The van der Waals surface area contributed by atoms with Crippen LogP contribution in [0.5, 0.6) is 11.5 Å². The fourth-order valence-electron chi connectivity index (χ4n) is 1.79. The second-order valence-electron chi connectivity index (χ2n) is 4.22. The van der Waals surface area contributed by atoms with Crippen molar-refractivity contribution in [3.63, 3.8) is 0 Å². The second-order valence-corrected chi connectivity index (χ2v) is 5.25. The maximum absolute atomic E-state index is 11.9. The van der Waals surface area contributed by atoms with Crippen molar-refractivity contribution in [1.82, 2.24) is 4.98 Å². The summed E-state index contributed by atoms with van der Waals surface area (Å²) in [6.07, 6.45) is -0.614. The van der Waals surface area contributed by atoms with E-state index in [1.807, 2.05) is 0 Å². The molecule has 116 valence electrons. The quantitative estimate of drug-likeness (QED) is 0.466. The minimum absolute atomic E-state index is 0.0491. The third kappa shape index (κ3) is 2.81. The number of nitrogens with zero attached hydrogens (tertiary/aromatic N) is 2. The highest BCUT2D eigenvalue weighted by Crippen LogP contribution is 2.43. The maximum Gasteiger partial charge on any atom is 0.341 e. The molecule has 2 N–H and O–H groups in total. The minimum atomic E-state index is -1.13. The first-order valence-electron chi connectivity index (χ1n) is 5.95. The van der Waals surface area contributed by atoms with Crippen molar-refractivity contribution >= 4 is 39.0 Å². The SMILES string of the molecule is COc1cc2sc(C(=O)CCC(=O)O)nc2c([N+](=O)[O-])c1O. The zero-order chi connectivity index (χ0) is 16.4. The smallest absolute Gasteiger partial charge is 0.341 e. The molecule has 2 rings (SSSR count). The molecule has 0 amide bonds. The summed E-state index contributed by atoms with van der Waals surface area (Å²) >= 11 is 0.878. The summed E-state index contributed by atoms with van der Waals surface area (Å²) in [6.45, 7) is 0. The average Bonchev–Trinajstić information content (AvgIpc) is 2.86.